The van der Waals surface area contributed by atoms with Crippen molar-refractivity contribution in [2.45, 2.75) is 32.4 Å². The number of morpholine rings is 1. The number of carbonyl (C=O) groups is 2. The molecule has 2 atom stereocenters. The predicted molar refractivity (Wildman–Crippen MR) is 92.3 cm³/mol. The van der Waals surface area contributed by atoms with E-state index >= 15 is 0 Å². The van der Waals surface area contributed by atoms with Crippen LogP contribution in [-0.2, 0) is 9.53 Å². The van der Waals surface area contributed by atoms with Crippen molar-refractivity contribution in [3.63, 3.8) is 0 Å². The number of piperidine rings is 1. The Kier molecular flexibility index (Phi) is 3.95. The highest BCUT2D eigenvalue weighted by Gasteiger charge is 2.39. The Morgan fingerprint density at radius 3 is 2.96 bits per heavy atom. The number of rotatable bonds is 1. The Bertz CT molecular complexity index is 831. The Morgan fingerprint density at radius 1 is 1.32 bits per heavy atom. The smallest absolute Gasteiger partial charge is 0.256 e. The summed E-state index contributed by atoms with van der Waals surface area (Å²) in [6, 6.07) is 3.84. The van der Waals surface area contributed by atoms with E-state index < -0.39 is 0 Å². The molecule has 0 saturated carbocycles. The maximum absolute atomic E-state index is 13.1. The molecule has 4 rings (SSSR count). The summed E-state index contributed by atoms with van der Waals surface area (Å²) in [5.41, 5.74) is 2.43. The van der Waals surface area contributed by atoms with Crippen molar-refractivity contribution < 1.29 is 14.3 Å². The Balaban J connectivity index is 1.62. The van der Waals surface area contributed by atoms with Crippen molar-refractivity contribution in [3.05, 3.63) is 29.5 Å². The van der Waals surface area contributed by atoms with E-state index in [1.54, 1.807) is 13.1 Å². The fraction of sp³-hybridized carbons (Fsp3) is 0.500. The number of amides is 2. The second-order valence-electron chi connectivity index (χ2n) is 6.88. The van der Waals surface area contributed by atoms with Gasteiger partial charge in [-0.3, -0.25) is 14.7 Å². The van der Waals surface area contributed by atoms with Gasteiger partial charge in [0, 0.05) is 31.9 Å². The summed E-state index contributed by atoms with van der Waals surface area (Å²) in [4.78, 5) is 28.8. The van der Waals surface area contributed by atoms with Gasteiger partial charge in [-0.1, -0.05) is 0 Å². The van der Waals surface area contributed by atoms with Gasteiger partial charge in [0.2, 0.25) is 5.91 Å². The molecular formula is C18H22N4O3. The lowest BCUT2D eigenvalue weighted by molar-refractivity contribution is -0.149. The number of aromatic amines is 1. The Morgan fingerprint density at radius 2 is 2.16 bits per heavy atom. The third-order valence-electron chi connectivity index (χ3n) is 5.20. The molecule has 1 N–H and O–H groups in total. The van der Waals surface area contributed by atoms with Gasteiger partial charge >= 0.3 is 0 Å². The van der Waals surface area contributed by atoms with Crippen molar-refractivity contribution in [2.75, 3.05) is 26.2 Å². The van der Waals surface area contributed by atoms with Crippen LogP contribution < -0.4 is 0 Å². The molecule has 2 aromatic rings. The van der Waals surface area contributed by atoms with Crippen LogP contribution in [0.25, 0.3) is 10.9 Å². The highest BCUT2D eigenvalue weighted by molar-refractivity contribution is 6.05. The Hall–Kier alpha value is -2.41. The van der Waals surface area contributed by atoms with E-state index in [1.807, 2.05) is 28.9 Å². The molecule has 7 nitrogen and oxygen atoms in total. The van der Waals surface area contributed by atoms with E-state index in [0.29, 0.717) is 31.8 Å². The minimum atomic E-state index is -0.0639. The average Bonchev–Trinajstić information content (AvgIpc) is 3.07. The summed E-state index contributed by atoms with van der Waals surface area (Å²) in [6.07, 6.45) is 2.50. The van der Waals surface area contributed by atoms with E-state index in [1.165, 1.54) is 0 Å². The van der Waals surface area contributed by atoms with Crippen LogP contribution in [0.3, 0.4) is 0 Å². The summed E-state index contributed by atoms with van der Waals surface area (Å²) in [5.74, 6) is 0.0181. The van der Waals surface area contributed by atoms with E-state index in [2.05, 4.69) is 10.2 Å². The Labute approximate surface area is 145 Å². The zero-order valence-corrected chi connectivity index (χ0v) is 14.5. The van der Waals surface area contributed by atoms with Gasteiger partial charge in [-0.15, -0.1) is 0 Å². The van der Waals surface area contributed by atoms with Gasteiger partial charge in [0.05, 0.1) is 36.0 Å². The molecular weight excluding hydrogens is 320 g/mol. The molecule has 3 heterocycles. The van der Waals surface area contributed by atoms with Gasteiger partial charge in [-0.2, -0.15) is 5.10 Å². The molecule has 0 radical (unpaired) electrons. The molecule has 1 aromatic heterocycles. The first-order valence-corrected chi connectivity index (χ1v) is 8.66. The molecule has 25 heavy (non-hydrogen) atoms. The highest BCUT2D eigenvalue weighted by Crippen LogP contribution is 2.26. The van der Waals surface area contributed by atoms with E-state index in [-0.39, 0.29) is 24.0 Å². The summed E-state index contributed by atoms with van der Waals surface area (Å²) >= 11 is 0. The van der Waals surface area contributed by atoms with Crippen LogP contribution in [0.15, 0.2) is 18.3 Å². The second kappa shape index (κ2) is 6.15. The van der Waals surface area contributed by atoms with Crippen molar-refractivity contribution in [3.8, 4) is 0 Å². The number of aryl methyl sites for hydroxylation is 1. The molecule has 0 bridgehead atoms. The number of H-pyrrole nitrogens is 1. The number of benzene rings is 1. The zero-order chi connectivity index (χ0) is 17.6. The number of ether oxygens (including phenoxy) is 1. The maximum Gasteiger partial charge on any atom is 0.256 e. The number of carbonyl (C=O) groups excluding carboxylic acids is 2. The molecule has 2 fully saturated rings. The number of aromatic nitrogens is 2. The first-order valence-electron chi connectivity index (χ1n) is 8.66. The summed E-state index contributed by atoms with van der Waals surface area (Å²) in [7, 11) is 0. The number of fused-ring (bicyclic) bond motifs is 2. The molecule has 0 aliphatic carbocycles. The predicted octanol–water partition coefficient (Wildman–Crippen LogP) is 1.33. The standard InChI is InChI=1S/C18H22N4O3/c1-11-7-13-9-19-20-17(13)14(8-11)18(24)21-4-3-16-15(10-21)22(12(2)23)5-6-25-16/h7-9,15-16H,3-6,10H2,1-2H3,(H,19,20). The topological polar surface area (TPSA) is 78.5 Å². The monoisotopic (exact) mass is 342 g/mol. The number of hydrogen-bond donors (Lipinski definition) is 1. The molecule has 2 saturated heterocycles. The molecule has 0 spiro atoms. The molecule has 132 valence electrons. The van der Waals surface area contributed by atoms with Crippen LogP contribution in [0.2, 0.25) is 0 Å². The van der Waals surface area contributed by atoms with Crippen LogP contribution in [0.1, 0.15) is 29.3 Å². The fourth-order valence-corrected chi connectivity index (χ4v) is 3.99. The van der Waals surface area contributed by atoms with Gasteiger partial charge in [-0.05, 0) is 31.0 Å². The minimum Gasteiger partial charge on any atom is -0.374 e. The summed E-state index contributed by atoms with van der Waals surface area (Å²) in [6.45, 7) is 5.86. The second-order valence-corrected chi connectivity index (χ2v) is 6.88. The average molecular weight is 342 g/mol. The molecule has 2 aliphatic rings. The summed E-state index contributed by atoms with van der Waals surface area (Å²) in [5, 5.41) is 7.93. The lowest BCUT2D eigenvalue weighted by Crippen LogP contribution is -2.61. The quantitative estimate of drug-likeness (QED) is 0.848. The van der Waals surface area contributed by atoms with E-state index in [0.717, 1.165) is 22.9 Å². The largest absolute Gasteiger partial charge is 0.374 e. The summed E-state index contributed by atoms with van der Waals surface area (Å²) < 4.78 is 5.82. The van der Waals surface area contributed by atoms with Crippen molar-refractivity contribution in [2.24, 2.45) is 0 Å². The molecule has 2 unspecified atom stereocenters. The third kappa shape index (κ3) is 2.78. The van der Waals surface area contributed by atoms with Crippen molar-refractivity contribution in [1.29, 1.82) is 0 Å². The zero-order valence-electron chi connectivity index (χ0n) is 14.5. The van der Waals surface area contributed by atoms with E-state index in [9.17, 15) is 9.59 Å². The first kappa shape index (κ1) is 16.1. The van der Waals surface area contributed by atoms with Crippen molar-refractivity contribution in [1.82, 2.24) is 20.0 Å². The number of nitrogens with zero attached hydrogens (tertiary/aromatic N) is 3. The van der Waals surface area contributed by atoms with Crippen LogP contribution in [0, 0.1) is 6.92 Å². The van der Waals surface area contributed by atoms with Crippen molar-refractivity contribution >= 4 is 22.7 Å². The van der Waals surface area contributed by atoms with Crippen LogP contribution in [0.4, 0.5) is 0 Å². The van der Waals surface area contributed by atoms with Crippen LogP contribution >= 0.6 is 0 Å². The van der Waals surface area contributed by atoms with E-state index in [4.69, 9.17) is 4.74 Å². The van der Waals surface area contributed by atoms with Gasteiger partial charge in [0.1, 0.15) is 0 Å². The highest BCUT2D eigenvalue weighted by atomic mass is 16.5. The van der Waals surface area contributed by atoms with Gasteiger partial charge in [0.15, 0.2) is 0 Å². The van der Waals surface area contributed by atoms with Crippen LogP contribution in [-0.4, -0.2) is 70.2 Å². The molecule has 2 amide bonds. The number of hydrogen-bond acceptors (Lipinski definition) is 4. The molecule has 7 heteroatoms. The van der Waals surface area contributed by atoms with Gasteiger partial charge < -0.3 is 14.5 Å². The van der Waals surface area contributed by atoms with Gasteiger partial charge in [-0.25, -0.2) is 0 Å². The number of likely N-dealkylation sites (tertiary alicyclic amines) is 1. The fourth-order valence-electron chi connectivity index (χ4n) is 3.99. The first-order chi connectivity index (χ1) is 12.0. The van der Waals surface area contributed by atoms with Crippen LogP contribution in [0.5, 0.6) is 0 Å². The molecule has 2 aliphatic heterocycles. The number of nitrogens with one attached hydrogen (secondary N) is 1. The lowest BCUT2D eigenvalue weighted by Gasteiger charge is -2.46. The molecule has 1 aromatic carbocycles. The maximum atomic E-state index is 13.1. The third-order valence-corrected chi connectivity index (χ3v) is 5.20. The normalized spacial score (nSPS) is 23.6. The lowest BCUT2D eigenvalue weighted by atomic mass is 9.97. The van der Waals surface area contributed by atoms with Gasteiger partial charge in [0.25, 0.3) is 5.91 Å². The SMILES string of the molecule is CC(=O)N1CCOC2CCN(C(=O)c3cc(C)cc4cn[nH]c34)CC21. The minimum absolute atomic E-state index is 0.0198.